The molecule has 2 aromatic rings. The molecule has 2 amide bonds. The molecule has 7 heteroatoms. The second-order valence-corrected chi connectivity index (χ2v) is 6.51. The molecule has 1 aliphatic rings. The molecule has 2 aromatic heterocycles. The third kappa shape index (κ3) is 3.72. The van der Waals surface area contributed by atoms with Crippen molar-refractivity contribution in [1.29, 1.82) is 0 Å². The van der Waals surface area contributed by atoms with E-state index in [0.717, 1.165) is 24.3 Å². The zero-order valence-electron chi connectivity index (χ0n) is 14.2. The molecular formula is C17H24N6O. The molecule has 0 aliphatic heterocycles. The SMILES string of the molecule is CC1CCC(N(C)C(=O)NCc2cccnc2-n2cncn2)CC1. The molecule has 0 bridgehead atoms. The summed E-state index contributed by atoms with van der Waals surface area (Å²) in [5.41, 5.74) is 0.905. The fraction of sp³-hybridized carbons (Fsp3) is 0.529. The molecule has 0 saturated heterocycles. The second kappa shape index (κ2) is 7.42. The average Bonchev–Trinajstić information content (AvgIpc) is 3.14. The van der Waals surface area contributed by atoms with Crippen molar-refractivity contribution in [2.24, 2.45) is 5.92 Å². The summed E-state index contributed by atoms with van der Waals surface area (Å²) < 4.78 is 1.60. The molecule has 0 aromatic carbocycles. The smallest absolute Gasteiger partial charge is 0.317 e. The summed E-state index contributed by atoms with van der Waals surface area (Å²) in [7, 11) is 1.89. The highest BCUT2D eigenvalue weighted by Gasteiger charge is 2.24. The van der Waals surface area contributed by atoms with Gasteiger partial charge in [-0.05, 0) is 37.7 Å². The molecule has 7 nitrogen and oxygen atoms in total. The van der Waals surface area contributed by atoms with Gasteiger partial charge in [-0.15, -0.1) is 0 Å². The number of hydrogen-bond donors (Lipinski definition) is 1. The van der Waals surface area contributed by atoms with Crippen LogP contribution >= 0.6 is 0 Å². The topological polar surface area (TPSA) is 75.9 Å². The minimum absolute atomic E-state index is 0.0389. The predicted molar refractivity (Wildman–Crippen MR) is 90.6 cm³/mol. The number of aromatic nitrogens is 4. The molecule has 1 aliphatic carbocycles. The maximum Gasteiger partial charge on any atom is 0.317 e. The lowest BCUT2D eigenvalue weighted by Gasteiger charge is -2.33. The van der Waals surface area contributed by atoms with Gasteiger partial charge < -0.3 is 10.2 Å². The number of nitrogens with one attached hydrogen (secondary N) is 1. The first-order valence-corrected chi connectivity index (χ1v) is 8.44. The normalized spacial score (nSPS) is 20.6. The van der Waals surface area contributed by atoms with Gasteiger partial charge in [0.05, 0.1) is 0 Å². The van der Waals surface area contributed by atoms with E-state index in [2.05, 4.69) is 27.3 Å². The van der Waals surface area contributed by atoms with Gasteiger partial charge in [0.1, 0.15) is 12.7 Å². The first-order valence-electron chi connectivity index (χ1n) is 8.44. The van der Waals surface area contributed by atoms with Crippen LogP contribution in [0, 0.1) is 5.92 Å². The summed E-state index contributed by atoms with van der Waals surface area (Å²) in [6.07, 6.45) is 9.34. The van der Waals surface area contributed by atoms with Crippen molar-refractivity contribution in [1.82, 2.24) is 30.0 Å². The van der Waals surface area contributed by atoms with Gasteiger partial charge in [-0.25, -0.2) is 19.4 Å². The quantitative estimate of drug-likeness (QED) is 0.935. The number of amides is 2. The van der Waals surface area contributed by atoms with Gasteiger partial charge >= 0.3 is 6.03 Å². The maximum absolute atomic E-state index is 12.5. The molecule has 1 fully saturated rings. The lowest BCUT2D eigenvalue weighted by atomic mass is 9.87. The fourth-order valence-corrected chi connectivity index (χ4v) is 3.18. The number of pyridine rings is 1. The van der Waals surface area contributed by atoms with E-state index in [-0.39, 0.29) is 6.03 Å². The third-order valence-corrected chi connectivity index (χ3v) is 4.79. The third-order valence-electron chi connectivity index (χ3n) is 4.79. The van der Waals surface area contributed by atoms with Crippen LogP contribution in [-0.4, -0.2) is 43.8 Å². The highest BCUT2D eigenvalue weighted by atomic mass is 16.2. The van der Waals surface area contributed by atoms with Crippen LogP contribution in [0.2, 0.25) is 0 Å². The minimum Gasteiger partial charge on any atom is -0.334 e. The van der Waals surface area contributed by atoms with Crippen LogP contribution in [0.15, 0.2) is 31.0 Å². The monoisotopic (exact) mass is 328 g/mol. The van der Waals surface area contributed by atoms with Gasteiger partial charge in [0.15, 0.2) is 5.82 Å². The Morgan fingerprint density at radius 3 is 2.88 bits per heavy atom. The van der Waals surface area contributed by atoms with Crippen molar-refractivity contribution in [3.05, 3.63) is 36.5 Å². The number of urea groups is 1. The summed E-state index contributed by atoms with van der Waals surface area (Å²) in [5, 5.41) is 7.10. The summed E-state index contributed by atoms with van der Waals surface area (Å²) in [4.78, 5) is 22.6. The number of rotatable bonds is 4. The summed E-state index contributed by atoms with van der Waals surface area (Å²) in [6, 6.07) is 4.09. The Kier molecular flexibility index (Phi) is 5.08. The zero-order chi connectivity index (χ0) is 16.9. The largest absolute Gasteiger partial charge is 0.334 e. The number of carbonyl (C=O) groups excluding carboxylic acids is 1. The highest BCUT2D eigenvalue weighted by molar-refractivity contribution is 5.74. The lowest BCUT2D eigenvalue weighted by Crippen LogP contribution is -2.44. The van der Waals surface area contributed by atoms with E-state index in [1.165, 1.54) is 19.2 Å². The Bertz CT molecular complexity index is 663. The Hall–Kier alpha value is -2.44. The van der Waals surface area contributed by atoms with Crippen LogP contribution in [0.1, 0.15) is 38.2 Å². The number of nitrogens with zero attached hydrogens (tertiary/aromatic N) is 5. The van der Waals surface area contributed by atoms with Gasteiger partial charge in [-0.2, -0.15) is 5.10 Å². The molecule has 0 spiro atoms. The first kappa shape index (κ1) is 16.4. The van der Waals surface area contributed by atoms with Crippen molar-refractivity contribution in [3.8, 4) is 5.82 Å². The van der Waals surface area contributed by atoms with Crippen LogP contribution < -0.4 is 5.32 Å². The summed E-state index contributed by atoms with van der Waals surface area (Å²) in [6.45, 7) is 2.69. The van der Waals surface area contributed by atoms with E-state index < -0.39 is 0 Å². The maximum atomic E-state index is 12.5. The van der Waals surface area contributed by atoms with E-state index in [1.54, 1.807) is 17.2 Å². The van der Waals surface area contributed by atoms with Crippen LogP contribution in [0.5, 0.6) is 0 Å². The Labute approximate surface area is 142 Å². The fourth-order valence-electron chi connectivity index (χ4n) is 3.18. The van der Waals surface area contributed by atoms with Gasteiger partial charge in [0, 0.05) is 31.4 Å². The van der Waals surface area contributed by atoms with Crippen molar-refractivity contribution < 1.29 is 4.79 Å². The van der Waals surface area contributed by atoms with Gasteiger partial charge in [-0.3, -0.25) is 0 Å². The first-order chi connectivity index (χ1) is 11.6. The van der Waals surface area contributed by atoms with E-state index in [1.807, 2.05) is 24.1 Å². The van der Waals surface area contributed by atoms with Gasteiger partial charge in [0.2, 0.25) is 0 Å². The van der Waals surface area contributed by atoms with Crippen LogP contribution in [0.25, 0.3) is 5.82 Å². The lowest BCUT2D eigenvalue weighted by molar-refractivity contribution is 0.163. The van der Waals surface area contributed by atoms with Gasteiger partial charge in [-0.1, -0.05) is 13.0 Å². The van der Waals surface area contributed by atoms with Gasteiger partial charge in [0.25, 0.3) is 0 Å². The molecule has 2 heterocycles. The predicted octanol–water partition coefficient (Wildman–Crippen LogP) is 2.38. The number of carbonyl (C=O) groups is 1. The van der Waals surface area contributed by atoms with E-state index in [9.17, 15) is 4.79 Å². The Balaban J connectivity index is 1.61. The molecule has 1 saturated carbocycles. The van der Waals surface area contributed by atoms with E-state index >= 15 is 0 Å². The van der Waals surface area contributed by atoms with E-state index in [0.29, 0.717) is 18.4 Å². The van der Waals surface area contributed by atoms with E-state index in [4.69, 9.17) is 0 Å². The van der Waals surface area contributed by atoms with Crippen molar-refractivity contribution in [2.75, 3.05) is 7.05 Å². The molecule has 128 valence electrons. The molecule has 0 atom stereocenters. The van der Waals surface area contributed by atoms with Crippen molar-refractivity contribution in [3.63, 3.8) is 0 Å². The van der Waals surface area contributed by atoms with Crippen LogP contribution in [0.3, 0.4) is 0 Å². The standard InChI is InChI=1S/C17H24N6O/c1-13-5-7-15(8-6-13)22(2)17(24)20-10-14-4-3-9-19-16(14)23-12-18-11-21-23/h3-4,9,11-13,15H,5-8,10H2,1-2H3,(H,20,24). The molecular weight excluding hydrogens is 304 g/mol. The molecule has 0 unspecified atom stereocenters. The highest BCUT2D eigenvalue weighted by Crippen LogP contribution is 2.26. The van der Waals surface area contributed by atoms with Crippen LogP contribution in [0.4, 0.5) is 4.79 Å². The molecule has 24 heavy (non-hydrogen) atoms. The zero-order valence-corrected chi connectivity index (χ0v) is 14.2. The second-order valence-electron chi connectivity index (χ2n) is 6.51. The minimum atomic E-state index is -0.0389. The van der Waals surface area contributed by atoms with Crippen LogP contribution in [-0.2, 0) is 6.54 Å². The molecule has 3 rings (SSSR count). The summed E-state index contributed by atoms with van der Waals surface area (Å²) >= 11 is 0. The Morgan fingerprint density at radius 1 is 1.38 bits per heavy atom. The average molecular weight is 328 g/mol. The summed E-state index contributed by atoms with van der Waals surface area (Å²) in [5.74, 6) is 1.46. The molecule has 1 N–H and O–H groups in total. The molecule has 0 radical (unpaired) electrons. The van der Waals surface area contributed by atoms with Crippen molar-refractivity contribution >= 4 is 6.03 Å². The van der Waals surface area contributed by atoms with Crippen molar-refractivity contribution in [2.45, 2.75) is 45.2 Å². The number of hydrogen-bond acceptors (Lipinski definition) is 4. The Morgan fingerprint density at radius 2 is 2.17 bits per heavy atom.